The van der Waals surface area contributed by atoms with Crippen LogP contribution in [0.15, 0.2) is 77.0 Å². The van der Waals surface area contributed by atoms with Gasteiger partial charge in [0.05, 0.1) is 10.9 Å². The van der Waals surface area contributed by atoms with Crippen molar-refractivity contribution in [2.75, 3.05) is 0 Å². The van der Waals surface area contributed by atoms with Crippen LogP contribution >= 0.6 is 11.3 Å². The quantitative estimate of drug-likeness (QED) is 0.666. The van der Waals surface area contributed by atoms with Crippen LogP contribution in [0.4, 0.5) is 0 Å². The first-order chi connectivity index (χ1) is 12.0. The minimum atomic E-state index is -3.73. The van der Waals surface area contributed by atoms with Gasteiger partial charge in [0.15, 0.2) is 5.78 Å². The van der Waals surface area contributed by atoms with Crippen molar-refractivity contribution in [3.05, 3.63) is 88.1 Å². The van der Waals surface area contributed by atoms with Crippen molar-refractivity contribution in [3.63, 3.8) is 0 Å². The second kappa shape index (κ2) is 7.31. The Bertz CT molecular complexity index is 948. The van der Waals surface area contributed by atoms with Gasteiger partial charge in [-0.25, -0.2) is 8.42 Å². The summed E-state index contributed by atoms with van der Waals surface area (Å²) in [5, 5.41) is 1.92. The number of hydrogen-bond donors (Lipinski definition) is 1. The van der Waals surface area contributed by atoms with Gasteiger partial charge in [-0.3, -0.25) is 4.79 Å². The summed E-state index contributed by atoms with van der Waals surface area (Å²) in [5.41, 5.74) is 1.35. The van der Waals surface area contributed by atoms with Gasteiger partial charge in [-0.05, 0) is 36.1 Å². The number of nitrogens with one attached hydrogen (secondary N) is 1. The van der Waals surface area contributed by atoms with Crippen molar-refractivity contribution >= 4 is 27.1 Å². The number of sulfonamides is 1. The molecule has 25 heavy (non-hydrogen) atoms. The number of Topliss-reactive ketones (excluding diaryl/α,β-unsaturated/α-hetero) is 1. The summed E-state index contributed by atoms with van der Waals surface area (Å²) >= 11 is 1.50. The van der Waals surface area contributed by atoms with E-state index in [1.807, 2.05) is 47.8 Å². The van der Waals surface area contributed by atoms with Crippen LogP contribution in [0.1, 0.15) is 33.8 Å². The molecule has 0 spiro atoms. The Morgan fingerprint density at radius 3 is 2.20 bits per heavy atom. The number of carbonyl (C=O) groups excluding carboxylic acids is 1. The zero-order chi connectivity index (χ0) is 17.9. The second-order valence-electron chi connectivity index (χ2n) is 5.56. The van der Waals surface area contributed by atoms with Gasteiger partial charge in [0.2, 0.25) is 10.0 Å². The topological polar surface area (TPSA) is 63.2 Å². The molecule has 0 radical (unpaired) electrons. The maximum Gasteiger partial charge on any atom is 0.241 e. The molecule has 3 aromatic rings. The third kappa shape index (κ3) is 4.04. The normalized spacial score (nSPS) is 12.7. The van der Waals surface area contributed by atoms with Gasteiger partial charge in [-0.2, -0.15) is 4.72 Å². The minimum absolute atomic E-state index is 0.0994. The molecule has 0 aliphatic rings. The Hall–Kier alpha value is -2.28. The highest BCUT2D eigenvalue weighted by atomic mass is 32.2. The summed E-state index contributed by atoms with van der Waals surface area (Å²) < 4.78 is 28.4. The summed E-state index contributed by atoms with van der Waals surface area (Å²) in [6, 6.07) is 18.7. The highest BCUT2D eigenvalue weighted by molar-refractivity contribution is 7.89. The molecule has 4 nitrogen and oxygen atoms in total. The minimum Gasteiger partial charge on any atom is -0.295 e. The van der Waals surface area contributed by atoms with Crippen LogP contribution in [0.2, 0.25) is 0 Å². The fourth-order valence-electron chi connectivity index (χ4n) is 2.48. The third-order valence-electron chi connectivity index (χ3n) is 3.80. The monoisotopic (exact) mass is 371 g/mol. The molecule has 1 heterocycles. The number of rotatable bonds is 6. The zero-order valence-electron chi connectivity index (χ0n) is 13.5. The van der Waals surface area contributed by atoms with E-state index in [1.165, 1.54) is 42.5 Å². The first-order valence-corrected chi connectivity index (χ1v) is 10.1. The van der Waals surface area contributed by atoms with Crippen LogP contribution in [0.5, 0.6) is 0 Å². The molecule has 0 saturated carbocycles. The Morgan fingerprint density at radius 2 is 1.64 bits per heavy atom. The fourth-order valence-corrected chi connectivity index (χ4v) is 4.56. The lowest BCUT2D eigenvalue weighted by Crippen LogP contribution is -2.29. The molecule has 0 aliphatic carbocycles. The molecule has 6 heteroatoms. The van der Waals surface area contributed by atoms with Crippen LogP contribution in [-0.2, 0) is 10.0 Å². The summed E-state index contributed by atoms with van der Waals surface area (Å²) in [4.78, 5) is 12.4. The van der Waals surface area contributed by atoms with Gasteiger partial charge in [-0.15, -0.1) is 11.3 Å². The van der Waals surface area contributed by atoms with Crippen molar-refractivity contribution in [1.29, 1.82) is 0 Å². The van der Waals surface area contributed by atoms with Crippen molar-refractivity contribution in [2.24, 2.45) is 0 Å². The van der Waals surface area contributed by atoms with Crippen molar-refractivity contribution in [3.8, 4) is 0 Å². The average molecular weight is 371 g/mol. The predicted molar refractivity (Wildman–Crippen MR) is 99.4 cm³/mol. The van der Waals surface area contributed by atoms with E-state index < -0.39 is 16.1 Å². The largest absolute Gasteiger partial charge is 0.295 e. The SMILES string of the molecule is CC(=O)c1ccc(S(=O)(=O)N[C@H](c2ccccc2)c2cccs2)cc1. The first kappa shape index (κ1) is 17.5. The summed E-state index contributed by atoms with van der Waals surface area (Å²) in [5.74, 6) is -0.0994. The Kier molecular flexibility index (Phi) is 5.13. The Balaban J connectivity index is 1.94. The Morgan fingerprint density at radius 1 is 0.960 bits per heavy atom. The fraction of sp³-hybridized carbons (Fsp3) is 0.105. The molecular weight excluding hydrogens is 354 g/mol. The van der Waals surface area contributed by atoms with Crippen LogP contribution in [0.25, 0.3) is 0 Å². The molecule has 1 atom stereocenters. The van der Waals surface area contributed by atoms with E-state index in [0.29, 0.717) is 5.56 Å². The number of thiophene rings is 1. The lowest BCUT2D eigenvalue weighted by Gasteiger charge is -2.18. The van der Waals surface area contributed by atoms with E-state index >= 15 is 0 Å². The molecule has 0 unspecified atom stereocenters. The molecule has 128 valence electrons. The molecule has 0 amide bonds. The van der Waals surface area contributed by atoms with Gasteiger partial charge in [0.25, 0.3) is 0 Å². The second-order valence-corrected chi connectivity index (χ2v) is 8.25. The molecule has 1 N–H and O–H groups in total. The number of ketones is 1. The van der Waals surface area contributed by atoms with Crippen molar-refractivity contribution < 1.29 is 13.2 Å². The lowest BCUT2D eigenvalue weighted by molar-refractivity contribution is 0.101. The number of carbonyl (C=O) groups is 1. The average Bonchev–Trinajstić information content (AvgIpc) is 3.15. The van der Waals surface area contributed by atoms with E-state index in [0.717, 1.165) is 10.4 Å². The molecule has 2 aromatic carbocycles. The van der Waals surface area contributed by atoms with Gasteiger partial charge >= 0.3 is 0 Å². The van der Waals surface area contributed by atoms with Gasteiger partial charge in [0.1, 0.15) is 0 Å². The molecular formula is C19H17NO3S2. The number of benzene rings is 2. The third-order valence-corrected chi connectivity index (χ3v) is 6.18. The van der Waals surface area contributed by atoms with Gasteiger partial charge < -0.3 is 0 Å². The molecule has 0 saturated heterocycles. The molecule has 3 rings (SSSR count). The smallest absolute Gasteiger partial charge is 0.241 e. The molecule has 0 fully saturated rings. The number of hydrogen-bond acceptors (Lipinski definition) is 4. The van der Waals surface area contributed by atoms with Gasteiger partial charge in [-0.1, -0.05) is 48.5 Å². The molecule has 1 aromatic heterocycles. The summed E-state index contributed by atoms with van der Waals surface area (Å²) in [6.45, 7) is 1.45. The maximum absolute atomic E-state index is 12.8. The lowest BCUT2D eigenvalue weighted by atomic mass is 10.1. The van der Waals surface area contributed by atoms with E-state index in [9.17, 15) is 13.2 Å². The van der Waals surface area contributed by atoms with Gasteiger partial charge in [0, 0.05) is 10.4 Å². The summed E-state index contributed by atoms with van der Waals surface area (Å²) in [7, 11) is -3.73. The zero-order valence-corrected chi connectivity index (χ0v) is 15.2. The van der Waals surface area contributed by atoms with E-state index in [-0.39, 0.29) is 10.7 Å². The predicted octanol–water partition coefficient (Wildman–Crippen LogP) is 4.02. The molecule has 0 bridgehead atoms. The van der Waals surface area contributed by atoms with Crippen LogP contribution in [-0.4, -0.2) is 14.2 Å². The maximum atomic E-state index is 12.8. The Labute approximate surface area is 151 Å². The standard InChI is InChI=1S/C19H17NO3S2/c1-14(21)15-9-11-17(12-10-15)25(22,23)20-19(18-8-5-13-24-18)16-6-3-2-4-7-16/h2-13,19-20H,1H3/t19-/m1/s1. The summed E-state index contributed by atoms with van der Waals surface area (Å²) in [6.07, 6.45) is 0. The highest BCUT2D eigenvalue weighted by Gasteiger charge is 2.23. The van der Waals surface area contributed by atoms with E-state index in [1.54, 1.807) is 0 Å². The van der Waals surface area contributed by atoms with Crippen LogP contribution in [0, 0.1) is 0 Å². The first-order valence-electron chi connectivity index (χ1n) is 7.69. The van der Waals surface area contributed by atoms with Crippen molar-refractivity contribution in [2.45, 2.75) is 17.9 Å². The van der Waals surface area contributed by atoms with Crippen LogP contribution < -0.4 is 4.72 Å². The van der Waals surface area contributed by atoms with Crippen molar-refractivity contribution in [1.82, 2.24) is 4.72 Å². The molecule has 0 aliphatic heterocycles. The van der Waals surface area contributed by atoms with E-state index in [4.69, 9.17) is 0 Å². The van der Waals surface area contributed by atoms with Crippen LogP contribution in [0.3, 0.4) is 0 Å². The highest BCUT2D eigenvalue weighted by Crippen LogP contribution is 2.28. The van der Waals surface area contributed by atoms with E-state index in [2.05, 4.69) is 4.72 Å².